The Bertz CT molecular complexity index is 561. The molecule has 0 fully saturated rings. The molecule has 0 saturated heterocycles. The molecule has 0 aromatic carbocycles. The minimum atomic E-state index is -0.0569. The smallest absolute Gasteiger partial charge is 0.265 e. The fourth-order valence-corrected chi connectivity index (χ4v) is 1.97. The first kappa shape index (κ1) is 12.0. The Morgan fingerprint density at radius 3 is 3.06 bits per heavy atom. The monoisotopic (exact) mass is 296 g/mol. The Hall–Kier alpha value is -1.43. The quantitative estimate of drug-likeness (QED) is 0.862. The second-order valence-corrected chi connectivity index (χ2v) is 4.54. The molecule has 17 heavy (non-hydrogen) atoms. The van der Waals surface area contributed by atoms with Gasteiger partial charge in [-0.2, -0.15) is 5.10 Å². The number of hydrogen-bond acceptors (Lipinski definition) is 3. The lowest BCUT2D eigenvalue weighted by Gasteiger charge is -2.07. The predicted molar refractivity (Wildman–Crippen MR) is 67.8 cm³/mol. The Labute approximate surface area is 107 Å². The van der Waals surface area contributed by atoms with Gasteiger partial charge in [0.15, 0.2) is 0 Å². The van der Waals surface area contributed by atoms with Crippen molar-refractivity contribution >= 4 is 15.9 Å². The minimum absolute atomic E-state index is 0.0569. The molecule has 2 aromatic rings. The van der Waals surface area contributed by atoms with E-state index in [1.54, 1.807) is 16.8 Å². The third-order valence-electron chi connectivity index (χ3n) is 2.42. The van der Waals surface area contributed by atoms with Crippen molar-refractivity contribution < 1.29 is 0 Å². The first-order valence-electron chi connectivity index (χ1n) is 5.44. The average Bonchev–Trinajstić information content (AvgIpc) is 2.73. The Balaban J connectivity index is 2.28. The van der Waals surface area contributed by atoms with Gasteiger partial charge in [0.25, 0.3) is 5.56 Å². The highest BCUT2D eigenvalue weighted by Crippen LogP contribution is 2.03. The van der Waals surface area contributed by atoms with Gasteiger partial charge in [-0.05, 0) is 34.5 Å². The number of rotatable bonds is 4. The van der Waals surface area contributed by atoms with Gasteiger partial charge in [-0.3, -0.25) is 4.79 Å². The highest BCUT2D eigenvalue weighted by molar-refractivity contribution is 9.10. The minimum Gasteiger partial charge on any atom is -0.307 e. The highest BCUT2D eigenvalue weighted by atomic mass is 79.9. The zero-order valence-electron chi connectivity index (χ0n) is 9.51. The first-order chi connectivity index (χ1) is 8.22. The number of nitrogens with zero attached hydrogens (tertiary/aromatic N) is 4. The molecule has 0 saturated carbocycles. The van der Waals surface area contributed by atoms with E-state index in [1.807, 2.05) is 10.7 Å². The molecule has 0 amide bonds. The van der Waals surface area contributed by atoms with Gasteiger partial charge in [-0.15, -0.1) is 0 Å². The molecule has 0 N–H and O–H groups in total. The van der Waals surface area contributed by atoms with E-state index in [1.165, 1.54) is 6.33 Å². The molecule has 0 bridgehead atoms. The zero-order valence-corrected chi connectivity index (χ0v) is 11.1. The van der Waals surface area contributed by atoms with Crippen LogP contribution in [0.5, 0.6) is 0 Å². The molecule has 0 spiro atoms. The van der Waals surface area contributed by atoms with E-state index in [2.05, 4.69) is 32.9 Å². The lowest BCUT2D eigenvalue weighted by Crippen LogP contribution is -2.22. The maximum absolute atomic E-state index is 11.8. The molecular weight excluding hydrogens is 284 g/mol. The molecule has 0 aliphatic carbocycles. The Kier molecular flexibility index (Phi) is 3.73. The van der Waals surface area contributed by atoms with Crippen molar-refractivity contribution in [1.29, 1.82) is 0 Å². The maximum Gasteiger partial charge on any atom is 0.265 e. The maximum atomic E-state index is 11.8. The summed E-state index contributed by atoms with van der Waals surface area (Å²) < 4.78 is 4.00. The van der Waals surface area contributed by atoms with Gasteiger partial charge in [0.2, 0.25) is 0 Å². The fourth-order valence-electron chi connectivity index (χ4n) is 1.59. The van der Waals surface area contributed by atoms with Crippen LogP contribution in [0.25, 0.3) is 0 Å². The molecule has 0 unspecified atom stereocenters. The number of aryl methyl sites for hydroxylation is 1. The summed E-state index contributed by atoms with van der Waals surface area (Å²) in [6.45, 7) is 3.34. The second-order valence-electron chi connectivity index (χ2n) is 3.69. The highest BCUT2D eigenvalue weighted by Gasteiger charge is 2.06. The van der Waals surface area contributed by atoms with E-state index < -0.39 is 0 Å². The van der Waals surface area contributed by atoms with Crippen molar-refractivity contribution in [2.75, 3.05) is 0 Å². The standard InChI is InChI=1S/C11H13BrN4O/c1-2-5-16-10(13-8-14-16)7-15-6-3-4-9(12)11(15)17/h3-4,6,8H,2,5,7H2,1H3. The third kappa shape index (κ3) is 2.63. The topological polar surface area (TPSA) is 52.7 Å². The molecule has 2 aromatic heterocycles. The summed E-state index contributed by atoms with van der Waals surface area (Å²) in [5, 5.41) is 4.13. The lowest BCUT2D eigenvalue weighted by atomic mass is 10.4. The largest absolute Gasteiger partial charge is 0.307 e. The third-order valence-corrected chi connectivity index (χ3v) is 3.02. The molecule has 0 atom stereocenters. The number of halogens is 1. The summed E-state index contributed by atoms with van der Waals surface area (Å²) in [6.07, 6.45) is 4.26. The van der Waals surface area contributed by atoms with Gasteiger partial charge < -0.3 is 4.57 Å². The number of hydrogen-bond donors (Lipinski definition) is 0. The molecule has 5 nitrogen and oxygen atoms in total. The van der Waals surface area contributed by atoms with E-state index in [-0.39, 0.29) is 5.56 Å². The van der Waals surface area contributed by atoms with Crippen LogP contribution in [0, 0.1) is 0 Å². The van der Waals surface area contributed by atoms with Gasteiger partial charge >= 0.3 is 0 Å². The molecule has 0 aliphatic heterocycles. The van der Waals surface area contributed by atoms with Crippen LogP contribution in [0.1, 0.15) is 19.2 Å². The van der Waals surface area contributed by atoms with Crippen molar-refractivity contribution in [2.24, 2.45) is 0 Å². The summed E-state index contributed by atoms with van der Waals surface area (Å²) in [4.78, 5) is 16.0. The van der Waals surface area contributed by atoms with Crippen molar-refractivity contribution in [3.8, 4) is 0 Å². The summed E-state index contributed by atoms with van der Waals surface area (Å²) in [5.74, 6) is 0.798. The number of pyridine rings is 1. The summed E-state index contributed by atoms with van der Waals surface area (Å²) in [5.41, 5.74) is -0.0569. The van der Waals surface area contributed by atoms with E-state index in [9.17, 15) is 4.79 Å². The van der Waals surface area contributed by atoms with Crippen LogP contribution >= 0.6 is 15.9 Å². The normalized spacial score (nSPS) is 10.7. The van der Waals surface area contributed by atoms with Crippen molar-refractivity contribution in [1.82, 2.24) is 19.3 Å². The zero-order chi connectivity index (χ0) is 12.3. The lowest BCUT2D eigenvalue weighted by molar-refractivity contribution is 0.550. The molecule has 90 valence electrons. The van der Waals surface area contributed by atoms with Crippen molar-refractivity contribution in [3.05, 3.63) is 45.3 Å². The molecule has 2 heterocycles. The van der Waals surface area contributed by atoms with E-state index >= 15 is 0 Å². The van der Waals surface area contributed by atoms with E-state index in [0.717, 1.165) is 18.8 Å². The average molecular weight is 297 g/mol. The molecule has 0 aliphatic rings. The van der Waals surface area contributed by atoms with Crippen molar-refractivity contribution in [3.63, 3.8) is 0 Å². The van der Waals surface area contributed by atoms with Gasteiger partial charge in [0.05, 0.1) is 11.0 Å². The van der Waals surface area contributed by atoms with Crippen LogP contribution in [0.2, 0.25) is 0 Å². The first-order valence-corrected chi connectivity index (χ1v) is 6.23. The molecule has 2 rings (SSSR count). The summed E-state index contributed by atoms with van der Waals surface area (Å²) in [6, 6.07) is 3.56. The summed E-state index contributed by atoms with van der Waals surface area (Å²) >= 11 is 3.22. The van der Waals surface area contributed by atoms with E-state index in [4.69, 9.17) is 0 Å². The Morgan fingerprint density at radius 1 is 1.47 bits per heavy atom. The molecular formula is C11H13BrN4O. The van der Waals surface area contributed by atoms with Crippen LogP contribution in [0.4, 0.5) is 0 Å². The second kappa shape index (κ2) is 5.27. The SMILES string of the molecule is CCCn1ncnc1Cn1cccc(Br)c1=O. The van der Waals surface area contributed by atoms with Crippen LogP contribution in [-0.2, 0) is 13.1 Å². The molecule has 0 radical (unpaired) electrons. The van der Waals surface area contributed by atoms with Crippen LogP contribution in [0.15, 0.2) is 33.9 Å². The summed E-state index contributed by atoms with van der Waals surface area (Å²) in [7, 11) is 0. The van der Waals surface area contributed by atoms with E-state index in [0.29, 0.717) is 11.0 Å². The predicted octanol–water partition coefficient (Wildman–Crippen LogP) is 1.66. The van der Waals surface area contributed by atoms with Crippen molar-refractivity contribution in [2.45, 2.75) is 26.4 Å². The van der Waals surface area contributed by atoms with Crippen LogP contribution in [0.3, 0.4) is 0 Å². The number of aromatic nitrogens is 4. The van der Waals surface area contributed by atoms with Gasteiger partial charge in [-0.1, -0.05) is 6.92 Å². The molecule has 6 heteroatoms. The van der Waals surface area contributed by atoms with Crippen LogP contribution in [-0.4, -0.2) is 19.3 Å². The fraction of sp³-hybridized carbons (Fsp3) is 0.364. The van der Waals surface area contributed by atoms with Gasteiger partial charge in [0, 0.05) is 12.7 Å². The van der Waals surface area contributed by atoms with Gasteiger partial charge in [-0.25, -0.2) is 9.67 Å². The Morgan fingerprint density at radius 2 is 2.29 bits per heavy atom. The van der Waals surface area contributed by atoms with Crippen LogP contribution < -0.4 is 5.56 Å². The van der Waals surface area contributed by atoms with Gasteiger partial charge in [0.1, 0.15) is 12.2 Å².